The number of aromatic carboxylic acids is 1. The van der Waals surface area contributed by atoms with Gasteiger partial charge in [-0.05, 0) is 40.1 Å². The minimum Gasteiger partial charge on any atom is -0.478 e. The van der Waals surface area contributed by atoms with E-state index >= 15 is 0 Å². The first kappa shape index (κ1) is 15.8. The molecular weight excluding hydrogens is 264 g/mol. The van der Waals surface area contributed by atoms with E-state index in [-0.39, 0.29) is 16.6 Å². The molecule has 0 spiro atoms. The van der Waals surface area contributed by atoms with Crippen molar-refractivity contribution in [3.05, 3.63) is 28.8 Å². The molecule has 1 atom stereocenters. The summed E-state index contributed by atoms with van der Waals surface area (Å²) in [6.07, 6.45) is 0. The molecule has 1 aromatic carbocycles. The molecule has 0 aliphatic heterocycles. The number of carboxylic acid groups (broad SMARTS) is 1. The van der Waals surface area contributed by atoms with E-state index in [2.05, 4.69) is 16.7 Å². The third-order valence-electron chi connectivity index (χ3n) is 3.02. The Morgan fingerprint density at radius 2 is 2.05 bits per heavy atom. The Bertz CT molecular complexity index is 449. The zero-order valence-corrected chi connectivity index (χ0v) is 12.6. The van der Waals surface area contributed by atoms with Gasteiger partial charge in [0.15, 0.2) is 0 Å². The van der Waals surface area contributed by atoms with E-state index in [0.29, 0.717) is 5.69 Å². The van der Waals surface area contributed by atoms with E-state index in [4.69, 9.17) is 11.6 Å². The van der Waals surface area contributed by atoms with Gasteiger partial charge in [0, 0.05) is 19.1 Å². The Morgan fingerprint density at radius 3 is 2.53 bits per heavy atom. The lowest BCUT2D eigenvalue weighted by atomic mass is 10.1. The smallest absolute Gasteiger partial charge is 0.339 e. The number of rotatable bonds is 6. The average Bonchev–Trinajstić information content (AvgIpc) is 2.28. The molecule has 19 heavy (non-hydrogen) atoms. The van der Waals surface area contributed by atoms with Crippen molar-refractivity contribution in [2.75, 3.05) is 32.1 Å². The average molecular weight is 285 g/mol. The number of halogens is 1. The van der Waals surface area contributed by atoms with Crippen molar-refractivity contribution in [2.45, 2.75) is 19.9 Å². The lowest BCUT2D eigenvalue weighted by Crippen LogP contribution is -2.40. The first-order valence-electron chi connectivity index (χ1n) is 6.31. The van der Waals surface area contributed by atoms with Gasteiger partial charge in [-0.25, -0.2) is 4.79 Å². The Balaban J connectivity index is 3.18. The number of benzene rings is 1. The molecule has 0 aliphatic rings. The van der Waals surface area contributed by atoms with Crippen molar-refractivity contribution < 1.29 is 9.90 Å². The number of hydrogen-bond donors (Lipinski definition) is 1. The molecule has 1 unspecified atom stereocenters. The molecule has 0 saturated heterocycles. The lowest BCUT2D eigenvalue weighted by Gasteiger charge is -2.33. The highest BCUT2D eigenvalue weighted by Crippen LogP contribution is 2.28. The molecule has 0 aromatic heterocycles. The van der Waals surface area contributed by atoms with E-state index in [0.717, 1.165) is 13.1 Å². The highest BCUT2D eigenvalue weighted by Gasteiger charge is 2.21. The van der Waals surface area contributed by atoms with Gasteiger partial charge in [0.2, 0.25) is 0 Å². The molecule has 1 aromatic rings. The molecule has 0 saturated carbocycles. The normalized spacial score (nSPS) is 12.5. The summed E-state index contributed by atoms with van der Waals surface area (Å²) < 4.78 is 0. The molecule has 5 heteroatoms. The fourth-order valence-electron chi connectivity index (χ4n) is 2.31. The number of nitrogens with zero attached hydrogens (tertiary/aromatic N) is 2. The van der Waals surface area contributed by atoms with Crippen LogP contribution in [-0.4, -0.2) is 49.2 Å². The van der Waals surface area contributed by atoms with Crippen molar-refractivity contribution in [1.29, 1.82) is 0 Å². The Hall–Kier alpha value is -1.26. The molecular formula is C14H21ClN2O2. The van der Waals surface area contributed by atoms with Crippen LogP contribution in [0.2, 0.25) is 5.02 Å². The van der Waals surface area contributed by atoms with Gasteiger partial charge in [-0.3, -0.25) is 0 Å². The summed E-state index contributed by atoms with van der Waals surface area (Å²) in [5, 5.41) is 9.61. The van der Waals surface area contributed by atoms with Gasteiger partial charge in [0.25, 0.3) is 0 Å². The number of likely N-dealkylation sites (N-methyl/N-ethyl adjacent to an activating group) is 2. The van der Waals surface area contributed by atoms with Crippen LogP contribution in [0.5, 0.6) is 0 Å². The van der Waals surface area contributed by atoms with Crippen molar-refractivity contribution in [3.8, 4) is 0 Å². The van der Waals surface area contributed by atoms with Crippen LogP contribution < -0.4 is 4.90 Å². The maximum absolute atomic E-state index is 11.4. The van der Waals surface area contributed by atoms with Gasteiger partial charge in [-0.15, -0.1) is 0 Å². The number of carbonyl (C=O) groups is 1. The summed E-state index contributed by atoms with van der Waals surface area (Å²) in [5.41, 5.74) is 0.855. The molecule has 1 rings (SSSR count). The maximum atomic E-state index is 11.4. The molecule has 106 valence electrons. The molecule has 0 aliphatic carbocycles. The predicted molar refractivity (Wildman–Crippen MR) is 79.4 cm³/mol. The van der Waals surface area contributed by atoms with Crippen molar-refractivity contribution >= 4 is 23.3 Å². The van der Waals surface area contributed by atoms with Crippen LogP contribution in [0.15, 0.2) is 18.2 Å². The Morgan fingerprint density at radius 1 is 1.42 bits per heavy atom. The number of hydrogen-bond acceptors (Lipinski definition) is 3. The van der Waals surface area contributed by atoms with Crippen LogP contribution in [0.4, 0.5) is 5.69 Å². The topological polar surface area (TPSA) is 43.8 Å². The lowest BCUT2D eigenvalue weighted by molar-refractivity contribution is 0.0697. The van der Waals surface area contributed by atoms with E-state index < -0.39 is 5.97 Å². The van der Waals surface area contributed by atoms with Gasteiger partial charge in [0.05, 0.1) is 10.7 Å². The molecule has 4 nitrogen and oxygen atoms in total. The standard InChI is InChI=1S/C14H21ClN2O2/c1-5-17(10(2)9-16(3)4)12-8-6-7-11(15)13(12)14(18)19/h6-8,10H,5,9H2,1-4H3,(H,18,19). The minimum atomic E-state index is -0.990. The minimum absolute atomic E-state index is 0.177. The third kappa shape index (κ3) is 3.85. The fraction of sp³-hybridized carbons (Fsp3) is 0.500. The summed E-state index contributed by atoms with van der Waals surface area (Å²) in [4.78, 5) is 15.5. The van der Waals surface area contributed by atoms with Crippen LogP contribution in [0.3, 0.4) is 0 Å². The predicted octanol–water partition coefficient (Wildman–Crippen LogP) is 2.81. The van der Waals surface area contributed by atoms with Crippen LogP contribution in [-0.2, 0) is 0 Å². The summed E-state index contributed by atoms with van der Waals surface area (Å²) in [6, 6.07) is 5.41. The number of anilines is 1. The summed E-state index contributed by atoms with van der Waals surface area (Å²) in [6.45, 7) is 5.67. The number of carboxylic acids is 1. The van der Waals surface area contributed by atoms with Crippen molar-refractivity contribution in [3.63, 3.8) is 0 Å². The monoisotopic (exact) mass is 284 g/mol. The van der Waals surface area contributed by atoms with Crippen LogP contribution >= 0.6 is 11.6 Å². The van der Waals surface area contributed by atoms with Crippen molar-refractivity contribution in [2.24, 2.45) is 0 Å². The molecule has 0 radical (unpaired) electrons. The second-order valence-corrected chi connectivity index (χ2v) is 5.24. The van der Waals surface area contributed by atoms with Gasteiger partial charge in [0.1, 0.15) is 5.56 Å². The van der Waals surface area contributed by atoms with Gasteiger partial charge in [-0.2, -0.15) is 0 Å². The van der Waals surface area contributed by atoms with E-state index in [1.54, 1.807) is 12.1 Å². The van der Waals surface area contributed by atoms with Gasteiger partial charge in [-0.1, -0.05) is 17.7 Å². The SMILES string of the molecule is CCN(c1cccc(Cl)c1C(=O)O)C(C)CN(C)C. The highest BCUT2D eigenvalue weighted by molar-refractivity contribution is 6.34. The zero-order chi connectivity index (χ0) is 14.6. The van der Waals surface area contributed by atoms with Crippen LogP contribution in [0.1, 0.15) is 24.2 Å². The Kier molecular flexibility index (Phi) is 5.63. The quantitative estimate of drug-likeness (QED) is 0.872. The van der Waals surface area contributed by atoms with E-state index in [1.165, 1.54) is 0 Å². The van der Waals surface area contributed by atoms with Gasteiger partial charge < -0.3 is 14.9 Å². The van der Waals surface area contributed by atoms with Crippen LogP contribution in [0, 0.1) is 0 Å². The molecule has 0 fully saturated rings. The highest BCUT2D eigenvalue weighted by atomic mass is 35.5. The van der Waals surface area contributed by atoms with E-state index in [9.17, 15) is 9.90 Å². The second-order valence-electron chi connectivity index (χ2n) is 4.84. The third-order valence-corrected chi connectivity index (χ3v) is 3.33. The van der Waals surface area contributed by atoms with Crippen molar-refractivity contribution in [1.82, 2.24) is 4.90 Å². The van der Waals surface area contributed by atoms with Gasteiger partial charge >= 0.3 is 5.97 Å². The maximum Gasteiger partial charge on any atom is 0.339 e. The fourth-order valence-corrected chi connectivity index (χ4v) is 2.56. The summed E-state index contributed by atoms with van der Waals surface area (Å²) in [5.74, 6) is -0.990. The first-order chi connectivity index (χ1) is 8.88. The van der Waals surface area contributed by atoms with Crippen LogP contribution in [0.25, 0.3) is 0 Å². The molecule has 1 N–H and O–H groups in total. The Labute approximate surface area is 119 Å². The first-order valence-corrected chi connectivity index (χ1v) is 6.69. The summed E-state index contributed by atoms with van der Waals surface area (Å²) in [7, 11) is 4.00. The zero-order valence-electron chi connectivity index (χ0n) is 11.9. The molecule has 0 bridgehead atoms. The molecule has 0 amide bonds. The summed E-state index contributed by atoms with van der Waals surface area (Å²) >= 11 is 6.02. The molecule has 0 heterocycles. The second kappa shape index (κ2) is 6.78. The largest absolute Gasteiger partial charge is 0.478 e. The van der Waals surface area contributed by atoms with E-state index in [1.807, 2.05) is 27.1 Å².